The van der Waals surface area contributed by atoms with Crippen molar-refractivity contribution in [2.75, 3.05) is 13.1 Å². The third-order valence-electron chi connectivity index (χ3n) is 4.05. The van der Waals surface area contributed by atoms with Crippen LogP contribution in [0.4, 0.5) is 4.79 Å². The number of carbonyl (C=O) groups is 1. The van der Waals surface area contributed by atoms with E-state index >= 15 is 0 Å². The summed E-state index contributed by atoms with van der Waals surface area (Å²) in [5.74, 6) is 0. The quantitative estimate of drug-likeness (QED) is 0.696. The van der Waals surface area contributed by atoms with E-state index in [2.05, 4.69) is 15.7 Å². The molecule has 0 spiro atoms. The molecule has 3 N–H and O–H groups in total. The molecule has 1 aromatic heterocycles. The van der Waals surface area contributed by atoms with Crippen LogP contribution in [0.5, 0.6) is 0 Å². The molecule has 1 aliphatic rings. The minimum absolute atomic E-state index is 0.205. The standard InChI is InChI=1S/C15H26N4O2/c1-12-10-13(2)19(18-12)9-5-8-16-14(20)17-11-15(21)6-3-4-7-15/h10,21H,3-9,11H2,1-2H3,(H2,16,17,20). The summed E-state index contributed by atoms with van der Waals surface area (Å²) in [6.07, 6.45) is 4.49. The van der Waals surface area contributed by atoms with Gasteiger partial charge in [-0.25, -0.2) is 4.79 Å². The molecule has 6 nitrogen and oxygen atoms in total. The van der Waals surface area contributed by atoms with Gasteiger partial charge in [-0.3, -0.25) is 4.68 Å². The normalized spacial score (nSPS) is 16.9. The van der Waals surface area contributed by atoms with Crippen LogP contribution in [0.3, 0.4) is 0 Å². The lowest BCUT2D eigenvalue weighted by Gasteiger charge is -2.22. The number of nitrogens with one attached hydrogen (secondary N) is 2. The first-order chi connectivity index (χ1) is 9.98. The number of rotatable bonds is 6. The van der Waals surface area contributed by atoms with Gasteiger partial charge in [-0.1, -0.05) is 12.8 Å². The Bertz CT molecular complexity index is 478. The Hall–Kier alpha value is -1.56. The van der Waals surface area contributed by atoms with Crippen LogP contribution in [-0.4, -0.2) is 39.6 Å². The molecular weight excluding hydrogens is 268 g/mol. The lowest BCUT2D eigenvalue weighted by Crippen LogP contribution is -2.45. The molecule has 0 aliphatic heterocycles. The van der Waals surface area contributed by atoms with Gasteiger partial charge in [0.05, 0.1) is 11.3 Å². The number of carbonyl (C=O) groups excluding carboxylic acids is 1. The van der Waals surface area contributed by atoms with Gasteiger partial charge in [-0.05, 0) is 39.2 Å². The van der Waals surface area contributed by atoms with Gasteiger partial charge in [0.25, 0.3) is 0 Å². The maximum absolute atomic E-state index is 11.7. The van der Waals surface area contributed by atoms with E-state index in [0.717, 1.165) is 50.0 Å². The predicted molar refractivity (Wildman–Crippen MR) is 81.1 cm³/mol. The number of aliphatic hydroxyl groups is 1. The second kappa shape index (κ2) is 6.93. The Kier molecular flexibility index (Phi) is 5.22. The van der Waals surface area contributed by atoms with Crippen molar-refractivity contribution < 1.29 is 9.90 Å². The molecular formula is C15H26N4O2. The number of urea groups is 1. The topological polar surface area (TPSA) is 79.2 Å². The fourth-order valence-electron chi connectivity index (χ4n) is 2.85. The minimum Gasteiger partial charge on any atom is -0.388 e. The molecule has 1 aliphatic carbocycles. The molecule has 1 heterocycles. The van der Waals surface area contributed by atoms with Gasteiger partial charge < -0.3 is 15.7 Å². The molecule has 118 valence electrons. The van der Waals surface area contributed by atoms with Gasteiger partial charge in [-0.2, -0.15) is 5.10 Å². The van der Waals surface area contributed by atoms with E-state index in [-0.39, 0.29) is 6.03 Å². The van der Waals surface area contributed by atoms with Gasteiger partial charge in [0.2, 0.25) is 0 Å². The molecule has 0 bridgehead atoms. The van der Waals surface area contributed by atoms with Gasteiger partial charge in [-0.15, -0.1) is 0 Å². The maximum Gasteiger partial charge on any atom is 0.314 e. The zero-order chi connectivity index (χ0) is 15.3. The molecule has 0 atom stereocenters. The summed E-state index contributed by atoms with van der Waals surface area (Å²) < 4.78 is 1.95. The third-order valence-corrected chi connectivity index (χ3v) is 4.05. The first-order valence-electron chi connectivity index (χ1n) is 7.74. The highest BCUT2D eigenvalue weighted by atomic mass is 16.3. The maximum atomic E-state index is 11.7. The number of hydrogen-bond acceptors (Lipinski definition) is 3. The summed E-state index contributed by atoms with van der Waals surface area (Å²) in [6, 6.07) is 1.84. The zero-order valence-electron chi connectivity index (χ0n) is 13.0. The number of hydrogen-bond donors (Lipinski definition) is 3. The van der Waals surface area contributed by atoms with Crippen LogP contribution in [0, 0.1) is 13.8 Å². The highest BCUT2D eigenvalue weighted by Crippen LogP contribution is 2.28. The Labute approximate surface area is 125 Å². The minimum atomic E-state index is -0.693. The van der Waals surface area contributed by atoms with E-state index in [4.69, 9.17) is 0 Å². The van der Waals surface area contributed by atoms with Crippen LogP contribution in [0.1, 0.15) is 43.5 Å². The molecule has 0 radical (unpaired) electrons. The summed E-state index contributed by atoms with van der Waals surface area (Å²) in [6.45, 7) is 5.74. The molecule has 0 aromatic carbocycles. The number of aryl methyl sites for hydroxylation is 3. The predicted octanol–water partition coefficient (Wildman–Crippen LogP) is 1.49. The van der Waals surface area contributed by atoms with Gasteiger partial charge in [0.1, 0.15) is 0 Å². The van der Waals surface area contributed by atoms with Crippen molar-refractivity contribution in [3.63, 3.8) is 0 Å². The lowest BCUT2D eigenvalue weighted by molar-refractivity contribution is 0.0501. The van der Waals surface area contributed by atoms with Crippen LogP contribution in [0.15, 0.2) is 6.07 Å². The highest BCUT2D eigenvalue weighted by molar-refractivity contribution is 5.73. The fourth-order valence-corrected chi connectivity index (χ4v) is 2.85. The second-order valence-corrected chi connectivity index (χ2v) is 6.04. The average Bonchev–Trinajstić information content (AvgIpc) is 2.99. The summed E-state index contributed by atoms with van der Waals surface area (Å²) in [5.41, 5.74) is 1.46. The third kappa shape index (κ3) is 4.74. The summed E-state index contributed by atoms with van der Waals surface area (Å²) in [7, 11) is 0. The van der Waals surface area contributed by atoms with Crippen LogP contribution in [0.2, 0.25) is 0 Å². The largest absolute Gasteiger partial charge is 0.388 e. The molecule has 1 aromatic rings. The van der Waals surface area contributed by atoms with Crippen molar-refractivity contribution in [2.45, 2.75) is 58.1 Å². The Morgan fingerprint density at radius 2 is 2.10 bits per heavy atom. The van der Waals surface area contributed by atoms with E-state index in [9.17, 15) is 9.90 Å². The number of amides is 2. The molecule has 0 saturated heterocycles. The Morgan fingerprint density at radius 3 is 2.71 bits per heavy atom. The zero-order valence-corrected chi connectivity index (χ0v) is 13.0. The molecule has 1 fully saturated rings. The van der Waals surface area contributed by atoms with E-state index in [0.29, 0.717) is 13.1 Å². The first-order valence-corrected chi connectivity index (χ1v) is 7.74. The van der Waals surface area contributed by atoms with Crippen LogP contribution in [-0.2, 0) is 6.54 Å². The number of aromatic nitrogens is 2. The summed E-state index contributed by atoms with van der Waals surface area (Å²) >= 11 is 0. The van der Waals surface area contributed by atoms with Crippen LogP contribution < -0.4 is 10.6 Å². The fraction of sp³-hybridized carbons (Fsp3) is 0.733. The van der Waals surface area contributed by atoms with Crippen LogP contribution in [0.25, 0.3) is 0 Å². The molecule has 21 heavy (non-hydrogen) atoms. The Balaban J connectivity index is 1.60. The van der Waals surface area contributed by atoms with Crippen molar-refractivity contribution in [3.8, 4) is 0 Å². The van der Waals surface area contributed by atoms with E-state index in [1.165, 1.54) is 0 Å². The summed E-state index contributed by atoms with van der Waals surface area (Å²) in [5, 5.41) is 20.1. The van der Waals surface area contributed by atoms with E-state index in [1.54, 1.807) is 0 Å². The van der Waals surface area contributed by atoms with Gasteiger partial charge >= 0.3 is 6.03 Å². The van der Waals surface area contributed by atoms with E-state index < -0.39 is 5.60 Å². The molecule has 6 heteroatoms. The van der Waals surface area contributed by atoms with Gasteiger partial charge in [0, 0.05) is 25.3 Å². The SMILES string of the molecule is Cc1cc(C)n(CCCNC(=O)NCC2(O)CCCC2)n1. The smallest absolute Gasteiger partial charge is 0.314 e. The van der Waals surface area contributed by atoms with E-state index in [1.807, 2.05) is 24.6 Å². The number of nitrogens with zero attached hydrogens (tertiary/aromatic N) is 2. The van der Waals surface area contributed by atoms with Crippen molar-refractivity contribution in [1.29, 1.82) is 0 Å². The van der Waals surface area contributed by atoms with Crippen LogP contribution >= 0.6 is 0 Å². The second-order valence-electron chi connectivity index (χ2n) is 6.04. The molecule has 1 saturated carbocycles. The van der Waals surface area contributed by atoms with Crippen molar-refractivity contribution in [2.24, 2.45) is 0 Å². The van der Waals surface area contributed by atoms with Crippen molar-refractivity contribution >= 4 is 6.03 Å². The first kappa shape index (κ1) is 15.8. The molecule has 2 amide bonds. The van der Waals surface area contributed by atoms with Gasteiger partial charge in [0.15, 0.2) is 0 Å². The molecule has 0 unspecified atom stereocenters. The Morgan fingerprint density at radius 1 is 1.38 bits per heavy atom. The van der Waals surface area contributed by atoms with Crippen molar-refractivity contribution in [1.82, 2.24) is 20.4 Å². The van der Waals surface area contributed by atoms with Crippen molar-refractivity contribution in [3.05, 3.63) is 17.5 Å². The average molecular weight is 294 g/mol. The monoisotopic (exact) mass is 294 g/mol. The molecule has 2 rings (SSSR count). The lowest BCUT2D eigenvalue weighted by atomic mass is 10.0. The highest BCUT2D eigenvalue weighted by Gasteiger charge is 2.31. The summed E-state index contributed by atoms with van der Waals surface area (Å²) in [4.78, 5) is 11.7.